The van der Waals surface area contributed by atoms with Gasteiger partial charge in [0, 0.05) is 40.3 Å². The molecule has 2 heterocycles. The summed E-state index contributed by atoms with van der Waals surface area (Å²) in [5, 5.41) is 0. The van der Waals surface area contributed by atoms with Gasteiger partial charge in [0.2, 0.25) is 0 Å². The summed E-state index contributed by atoms with van der Waals surface area (Å²) in [7, 11) is 3.18. The third-order valence-corrected chi connectivity index (χ3v) is 6.30. The van der Waals surface area contributed by atoms with Gasteiger partial charge in [0.25, 0.3) is 5.56 Å². The number of rotatable bonds is 9. The highest BCUT2D eigenvalue weighted by Crippen LogP contribution is 2.11. The zero-order valence-corrected chi connectivity index (χ0v) is 19.6. The van der Waals surface area contributed by atoms with E-state index in [0.717, 1.165) is 42.9 Å². The second-order valence-electron chi connectivity index (χ2n) is 8.50. The highest BCUT2D eigenvalue weighted by atomic mass is 16.2. The molecular weight excluding hydrogens is 414 g/mol. The number of imidazole rings is 1. The van der Waals surface area contributed by atoms with Gasteiger partial charge in [0.15, 0.2) is 11.2 Å². The van der Waals surface area contributed by atoms with Crippen LogP contribution in [-0.2, 0) is 33.5 Å². The van der Waals surface area contributed by atoms with Crippen LogP contribution in [0.1, 0.15) is 17.0 Å². The summed E-state index contributed by atoms with van der Waals surface area (Å²) < 4.78 is 4.56. The SMILES string of the molecule is Cc1nc2c(c(=O)n(C)c(=O)n2C)n1CCN(CCc1ccccc1)CCc1ccccc1. The quantitative estimate of drug-likeness (QED) is 0.397. The van der Waals surface area contributed by atoms with Crippen LogP contribution < -0.4 is 11.2 Å². The van der Waals surface area contributed by atoms with Crippen LogP contribution in [0.2, 0.25) is 0 Å². The Balaban J connectivity index is 1.55. The van der Waals surface area contributed by atoms with E-state index in [4.69, 9.17) is 0 Å². The Morgan fingerprint density at radius 1 is 0.788 bits per heavy atom. The molecule has 172 valence electrons. The predicted octanol–water partition coefficient (Wildman–Crippen LogP) is 2.53. The molecule has 2 aromatic heterocycles. The topological polar surface area (TPSA) is 65.1 Å². The molecule has 0 saturated carbocycles. The van der Waals surface area contributed by atoms with Gasteiger partial charge in [-0.2, -0.15) is 0 Å². The Morgan fingerprint density at radius 3 is 1.88 bits per heavy atom. The van der Waals surface area contributed by atoms with Gasteiger partial charge in [-0.15, -0.1) is 0 Å². The van der Waals surface area contributed by atoms with Crippen molar-refractivity contribution in [2.24, 2.45) is 14.1 Å². The minimum Gasteiger partial charge on any atom is -0.321 e. The highest BCUT2D eigenvalue weighted by molar-refractivity contribution is 5.70. The van der Waals surface area contributed by atoms with E-state index in [1.165, 1.54) is 22.7 Å². The molecule has 7 heteroatoms. The summed E-state index contributed by atoms with van der Waals surface area (Å²) in [6.07, 6.45) is 1.94. The lowest BCUT2D eigenvalue weighted by Gasteiger charge is -2.23. The third-order valence-electron chi connectivity index (χ3n) is 6.30. The van der Waals surface area contributed by atoms with Gasteiger partial charge < -0.3 is 9.47 Å². The van der Waals surface area contributed by atoms with E-state index < -0.39 is 0 Å². The van der Waals surface area contributed by atoms with Crippen molar-refractivity contribution in [2.75, 3.05) is 19.6 Å². The molecule has 4 aromatic rings. The van der Waals surface area contributed by atoms with Gasteiger partial charge >= 0.3 is 5.69 Å². The van der Waals surface area contributed by atoms with Crippen molar-refractivity contribution in [1.29, 1.82) is 0 Å². The van der Waals surface area contributed by atoms with Crippen LogP contribution >= 0.6 is 0 Å². The summed E-state index contributed by atoms with van der Waals surface area (Å²) >= 11 is 0. The van der Waals surface area contributed by atoms with Crippen molar-refractivity contribution in [2.45, 2.75) is 26.3 Å². The molecular formula is C26H31N5O2. The molecule has 0 saturated heterocycles. The molecule has 33 heavy (non-hydrogen) atoms. The number of aryl methyl sites for hydroxylation is 2. The van der Waals surface area contributed by atoms with Gasteiger partial charge in [0.05, 0.1) is 0 Å². The molecule has 0 aliphatic carbocycles. The highest BCUT2D eigenvalue weighted by Gasteiger charge is 2.17. The second-order valence-corrected chi connectivity index (χ2v) is 8.50. The van der Waals surface area contributed by atoms with Crippen LogP contribution in [-0.4, -0.2) is 43.2 Å². The van der Waals surface area contributed by atoms with Crippen molar-refractivity contribution in [3.63, 3.8) is 0 Å². The van der Waals surface area contributed by atoms with Crippen LogP contribution in [0.15, 0.2) is 70.3 Å². The van der Waals surface area contributed by atoms with Gasteiger partial charge in [-0.1, -0.05) is 60.7 Å². The minimum atomic E-state index is -0.357. The lowest BCUT2D eigenvalue weighted by molar-refractivity contribution is 0.269. The molecule has 0 bridgehead atoms. The normalized spacial score (nSPS) is 11.5. The van der Waals surface area contributed by atoms with E-state index >= 15 is 0 Å². The molecule has 0 fully saturated rings. The van der Waals surface area contributed by atoms with Crippen molar-refractivity contribution in [1.82, 2.24) is 23.6 Å². The van der Waals surface area contributed by atoms with Gasteiger partial charge in [-0.3, -0.25) is 13.9 Å². The lowest BCUT2D eigenvalue weighted by atomic mass is 10.1. The number of hydrogen-bond acceptors (Lipinski definition) is 4. The van der Waals surface area contributed by atoms with E-state index in [1.807, 2.05) is 23.6 Å². The van der Waals surface area contributed by atoms with Crippen LogP contribution in [0, 0.1) is 6.92 Å². The molecule has 0 unspecified atom stereocenters. The third kappa shape index (κ3) is 4.98. The van der Waals surface area contributed by atoms with E-state index in [1.54, 1.807) is 7.05 Å². The Bertz CT molecular complexity index is 1290. The molecule has 0 radical (unpaired) electrons. The Labute approximate surface area is 193 Å². The Morgan fingerprint density at radius 2 is 1.33 bits per heavy atom. The van der Waals surface area contributed by atoms with Crippen LogP contribution in [0.4, 0.5) is 0 Å². The lowest BCUT2D eigenvalue weighted by Crippen LogP contribution is -2.38. The Kier molecular flexibility index (Phi) is 6.89. The fraction of sp³-hybridized carbons (Fsp3) is 0.346. The molecule has 2 aromatic carbocycles. The maximum absolute atomic E-state index is 12.9. The van der Waals surface area contributed by atoms with E-state index in [2.05, 4.69) is 58.4 Å². The van der Waals surface area contributed by atoms with Crippen molar-refractivity contribution < 1.29 is 0 Å². The fourth-order valence-corrected chi connectivity index (χ4v) is 4.27. The summed E-state index contributed by atoms with van der Waals surface area (Å²) in [6, 6.07) is 21.0. The van der Waals surface area contributed by atoms with E-state index in [-0.39, 0.29) is 11.2 Å². The van der Waals surface area contributed by atoms with Crippen molar-refractivity contribution in [3.8, 4) is 0 Å². The summed E-state index contributed by atoms with van der Waals surface area (Å²) in [5.41, 5.74) is 2.91. The van der Waals surface area contributed by atoms with E-state index in [9.17, 15) is 9.59 Å². The van der Waals surface area contributed by atoms with Crippen molar-refractivity contribution in [3.05, 3.63) is 98.5 Å². The maximum atomic E-state index is 12.9. The first-order valence-corrected chi connectivity index (χ1v) is 11.4. The zero-order valence-electron chi connectivity index (χ0n) is 19.6. The molecule has 0 aliphatic heterocycles. The minimum absolute atomic E-state index is 0.297. The molecule has 0 N–H and O–H groups in total. The second kappa shape index (κ2) is 10.0. The fourth-order valence-electron chi connectivity index (χ4n) is 4.27. The number of hydrogen-bond donors (Lipinski definition) is 0. The number of benzene rings is 2. The van der Waals surface area contributed by atoms with Crippen LogP contribution in [0.5, 0.6) is 0 Å². The zero-order chi connectivity index (χ0) is 23.4. The number of nitrogens with zero attached hydrogens (tertiary/aromatic N) is 5. The number of aromatic nitrogens is 4. The monoisotopic (exact) mass is 445 g/mol. The van der Waals surface area contributed by atoms with Crippen LogP contribution in [0.3, 0.4) is 0 Å². The standard InChI is InChI=1S/C26H31N5O2/c1-20-27-24-23(25(32)29(3)26(33)28(24)2)31(20)19-18-30(16-14-21-10-6-4-7-11-21)17-15-22-12-8-5-9-13-22/h4-13H,14-19H2,1-3H3. The average Bonchev–Trinajstić information content (AvgIpc) is 3.18. The summed E-state index contributed by atoms with van der Waals surface area (Å²) in [5.74, 6) is 0.745. The first kappa shape index (κ1) is 22.7. The molecule has 0 amide bonds. The first-order chi connectivity index (χ1) is 16.0. The molecule has 0 atom stereocenters. The molecule has 7 nitrogen and oxygen atoms in total. The predicted molar refractivity (Wildman–Crippen MR) is 132 cm³/mol. The van der Waals surface area contributed by atoms with E-state index in [0.29, 0.717) is 17.7 Å². The first-order valence-electron chi connectivity index (χ1n) is 11.4. The molecule has 4 rings (SSSR count). The Hall–Kier alpha value is -3.45. The van der Waals surface area contributed by atoms with Gasteiger partial charge in [-0.25, -0.2) is 9.78 Å². The molecule has 0 aliphatic rings. The van der Waals surface area contributed by atoms with Gasteiger partial charge in [-0.05, 0) is 30.9 Å². The van der Waals surface area contributed by atoms with Crippen molar-refractivity contribution >= 4 is 11.2 Å². The largest absolute Gasteiger partial charge is 0.332 e. The summed E-state index contributed by atoms with van der Waals surface area (Å²) in [6.45, 7) is 5.18. The smallest absolute Gasteiger partial charge is 0.321 e. The summed E-state index contributed by atoms with van der Waals surface area (Å²) in [4.78, 5) is 32.2. The average molecular weight is 446 g/mol. The number of fused-ring (bicyclic) bond motifs is 1. The maximum Gasteiger partial charge on any atom is 0.332 e. The molecule has 0 spiro atoms. The van der Waals surface area contributed by atoms with Gasteiger partial charge in [0.1, 0.15) is 5.82 Å². The van der Waals surface area contributed by atoms with Crippen LogP contribution in [0.25, 0.3) is 11.2 Å².